The largest absolute Gasteiger partial charge is 0.207 e. The molecule has 0 nitrogen and oxygen atoms in total. The van der Waals surface area contributed by atoms with E-state index < -0.39 is 0 Å². The van der Waals surface area contributed by atoms with E-state index in [4.69, 9.17) is 7.85 Å². The first-order valence-corrected chi connectivity index (χ1v) is 8.40. The molecule has 0 saturated heterocycles. The molecule has 0 aliphatic heterocycles. The predicted molar refractivity (Wildman–Crippen MR) is 97.9 cm³/mol. The summed E-state index contributed by atoms with van der Waals surface area (Å²) in [7, 11) is 6.30. The molecule has 0 N–H and O–H groups in total. The van der Waals surface area contributed by atoms with Crippen molar-refractivity contribution in [1.29, 1.82) is 0 Å². The van der Waals surface area contributed by atoms with Gasteiger partial charge in [-0.3, -0.25) is 0 Å². The van der Waals surface area contributed by atoms with Gasteiger partial charge in [0.05, 0.1) is 7.85 Å². The van der Waals surface area contributed by atoms with Crippen molar-refractivity contribution >= 4 is 7.85 Å². The SMILES string of the molecule is [B][C@H]1Cc2ccccc2[C@H](c2cccc(-c3cccc(F)c3)c2)C1. The maximum atomic E-state index is 13.5. The fourth-order valence-electron chi connectivity index (χ4n) is 3.77. The van der Waals surface area contributed by atoms with Crippen LogP contribution in [0.3, 0.4) is 0 Å². The summed E-state index contributed by atoms with van der Waals surface area (Å²) in [5, 5.41) is 0. The van der Waals surface area contributed by atoms with E-state index in [1.807, 2.05) is 12.1 Å². The van der Waals surface area contributed by atoms with Crippen LogP contribution in [0.5, 0.6) is 0 Å². The molecule has 24 heavy (non-hydrogen) atoms. The molecule has 116 valence electrons. The maximum absolute atomic E-state index is 13.5. The zero-order valence-corrected chi connectivity index (χ0v) is 13.5. The molecule has 3 aromatic carbocycles. The Balaban J connectivity index is 1.77. The smallest absolute Gasteiger partial charge is 0.123 e. The lowest BCUT2D eigenvalue weighted by Gasteiger charge is -2.30. The van der Waals surface area contributed by atoms with Crippen LogP contribution < -0.4 is 0 Å². The summed E-state index contributed by atoms with van der Waals surface area (Å²) in [5.41, 5.74) is 5.92. The number of benzene rings is 3. The van der Waals surface area contributed by atoms with Gasteiger partial charge in [0.15, 0.2) is 0 Å². The van der Waals surface area contributed by atoms with Crippen LogP contribution in [0, 0.1) is 5.82 Å². The summed E-state index contributed by atoms with van der Waals surface area (Å²) in [6.07, 6.45) is 1.89. The van der Waals surface area contributed by atoms with E-state index in [1.165, 1.54) is 22.8 Å². The van der Waals surface area contributed by atoms with Gasteiger partial charge < -0.3 is 0 Å². The number of hydrogen-bond acceptors (Lipinski definition) is 0. The third kappa shape index (κ3) is 2.89. The van der Waals surface area contributed by atoms with Crippen LogP contribution in [0.15, 0.2) is 72.8 Å². The van der Waals surface area contributed by atoms with Crippen molar-refractivity contribution in [1.82, 2.24) is 0 Å². The zero-order chi connectivity index (χ0) is 16.5. The summed E-state index contributed by atoms with van der Waals surface area (Å²) >= 11 is 0. The molecule has 2 radical (unpaired) electrons. The van der Waals surface area contributed by atoms with Crippen molar-refractivity contribution in [2.75, 3.05) is 0 Å². The number of rotatable bonds is 2. The molecule has 1 aliphatic rings. The average molecular weight is 312 g/mol. The molecule has 0 aromatic heterocycles. The molecule has 0 spiro atoms. The zero-order valence-electron chi connectivity index (χ0n) is 13.5. The molecular formula is C22H18BF. The van der Waals surface area contributed by atoms with Gasteiger partial charge in [0.2, 0.25) is 0 Å². The van der Waals surface area contributed by atoms with Gasteiger partial charge in [-0.2, -0.15) is 0 Å². The second-order valence-electron chi connectivity index (χ2n) is 6.59. The van der Waals surface area contributed by atoms with Crippen LogP contribution in [0.1, 0.15) is 29.0 Å². The van der Waals surface area contributed by atoms with E-state index in [-0.39, 0.29) is 11.6 Å². The topological polar surface area (TPSA) is 0 Å². The van der Waals surface area contributed by atoms with Crippen LogP contribution in [-0.2, 0) is 6.42 Å². The second-order valence-corrected chi connectivity index (χ2v) is 6.59. The summed E-state index contributed by atoms with van der Waals surface area (Å²) in [6.45, 7) is 0. The summed E-state index contributed by atoms with van der Waals surface area (Å²) in [4.78, 5) is 0. The van der Waals surface area contributed by atoms with Gasteiger partial charge in [-0.05, 0) is 52.8 Å². The van der Waals surface area contributed by atoms with Gasteiger partial charge in [0.1, 0.15) is 5.82 Å². The van der Waals surface area contributed by atoms with E-state index >= 15 is 0 Å². The standard InChI is InChI=1S/C22H18BF/c23-19-12-18-5-1-2-10-21(18)22(14-19)17-8-3-6-15(11-17)16-7-4-9-20(24)13-16/h1-11,13,19,22H,12,14H2/t19-,22-/m0/s1. The minimum atomic E-state index is -0.206. The summed E-state index contributed by atoms with van der Waals surface area (Å²) < 4.78 is 13.5. The van der Waals surface area contributed by atoms with Gasteiger partial charge in [-0.1, -0.05) is 66.5 Å². The third-order valence-electron chi connectivity index (χ3n) is 4.90. The van der Waals surface area contributed by atoms with Crippen LogP contribution in [0.25, 0.3) is 11.1 Å². The molecule has 0 bridgehead atoms. The Morgan fingerprint density at radius 1 is 0.833 bits per heavy atom. The minimum Gasteiger partial charge on any atom is -0.207 e. The fraction of sp³-hybridized carbons (Fsp3) is 0.182. The number of hydrogen-bond donors (Lipinski definition) is 0. The van der Waals surface area contributed by atoms with Crippen LogP contribution in [0.4, 0.5) is 4.39 Å². The summed E-state index contributed by atoms with van der Waals surface area (Å²) in [5.74, 6) is 0.282. The van der Waals surface area contributed by atoms with E-state index in [9.17, 15) is 4.39 Å². The van der Waals surface area contributed by atoms with Crippen molar-refractivity contribution in [3.05, 3.63) is 95.3 Å². The van der Waals surface area contributed by atoms with Gasteiger partial charge in [0.25, 0.3) is 0 Å². The van der Waals surface area contributed by atoms with E-state index in [1.54, 1.807) is 12.1 Å². The van der Waals surface area contributed by atoms with Gasteiger partial charge >= 0.3 is 0 Å². The highest BCUT2D eigenvalue weighted by Gasteiger charge is 2.25. The Kier molecular flexibility index (Phi) is 3.97. The first kappa shape index (κ1) is 15.2. The van der Waals surface area contributed by atoms with Gasteiger partial charge in [-0.15, -0.1) is 0 Å². The van der Waals surface area contributed by atoms with E-state index in [0.717, 1.165) is 24.0 Å². The van der Waals surface area contributed by atoms with Crippen molar-refractivity contribution in [3.8, 4) is 11.1 Å². The third-order valence-corrected chi connectivity index (χ3v) is 4.90. The van der Waals surface area contributed by atoms with Crippen LogP contribution >= 0.6 is 0 Å². The first-order chi connectivity index (χ1) is 11.7. The number of fused-ring (bicyclic) bond motifs is 1. The van der Waals surface area contributed by atoms with E-state index in [0.29, 0.717) is 5.92 Å². The molecule has 0 heterocycles. The minimum absolute atomic E-state index is 0.183. The van der Waals surface area contributed by atoms with Crippen molar-refractivity contribution in [2.24, 2.45) is 0 Å². The van der Waals surface area contributed by atoms with Crippen LogP contribution in [-0.4, -0.2) is 7.85 Å². The van der Waals surface area contributed by atoms with Crippen LogP contribution in [0.2, 0.25) is 5.82 Å². The molecule has 2 heteroatoms. The Hall–Kier alpha value is -2.35. The second kappa shape index (κ2) is 6.28. The highest BCUT2D eigenvalue weighted by atomic mass is 19.1. The molecular weight excluding hydrogens is 294 g/mol. The molecule has 2 atom stereocenters. The Morgan fingerprint density at radius 2 is 1.58 bits per heavy atom. The molecule has 3 aromatic rings. The monoisotopic (exact) mass is 312 g/mol. The molecule has 0 fully saturated rings. The predicted octanol–water partition coefficient (Wildman–Crippen LogP) is 5.53. The number of halogens is 1. The fourth-order valence-corrected chi connectivity index (χ4v) is 3.77. The van der Waals surface area contributed by atoms with Gasteiger partial charge in [0, 0.05) is 5.92 Å². The highest BCUT2D eigenvalue weighted by Crippen LogP contribution is 2.41. The quantitative estimate of drug-likeness (QED) is 0.546. The highest BCUT2D eigenvalue weighted by molar-refractivity contribution is 6.12. The van der Waals surface area contributed by atoms with E-state index in [2.05, 4.69) is 42.5 Å². The van der Waals surface area contributed by atoms with Gasteiger partial charge in [-0.25, -0.2) is 4.39 Å². The normalized spacial score (nSPS) is 19.7. The lowest BCUT2D eigenvalue weighted by Crippen LogP contribution is -2.16. The molecule has 0 unspecified atom stereocenters. The maximum Gasteiger partial charge on any atom is 0.123 e. The van der Waals surface area contributed by atoms with Crippen molar-refractivity contribution < 1.29 is 4.39 Å². The molecule has 1 aliphatic carbocycles. The average Bonchev–Trinajstić information content (AvgIpc) is 2.61. The Morgan fingerprint density at radius 3 is 2.42 bits per heavy atom. The Labute approximate surface area is 143 Å². The first-order valence-electron chi connectivity index (χ1n) is 8.40. The molecule has 4 rings (SSSR count). The van der Waals surface area contributed by atoms with Crippen molar-refractivity contribution in [2.45, 2.75) is 24.6 Å². The molecule has 0 saturated carbocycles. The lowest BCUT2D eigenvalue weighted by atomic mass is 9.67. The Bertz CT molecular complexity index is 871. The summed E-state index contributed by atoms with van der Waals surface area (Å²) in [6, 6.07) is 23.7. The molecule has 0 amide bonds. The lowest BCUT2D eigenvalue weighted by molar-refractivity contribution is 0.615. The van der Waals surface area contributed by atoms with Crippen molar-refractivity contribution in [3.63, 3.8) is 0 Å².